The van der Waals surface area contributed by atoms with E-state index in [1.807, 2.05) is 32.8 Å². The van der Waals surface area contributed by atoms with Gasteiger partial charge in [-0.15, -0.1) is 0 Å². The lowest BCUT2D eigenvalue weighted by Gasteiger charge is -2.27. The molecule has 0 spiro atoms. The summed E-state index contributed by atoms with van der Waals surface area (Å²) in [6.45, 7) is 4.68. The molecule has 0 aliphatic carbocycles. The smallest absolute Gasteiger partial charge is 0.178 e. The van der Waals surface area contributed by atoms with Crippen LogP contribution in [0.1, 0.15) is 13.8 Å². The second-order valence-electron chi connectivity index (χ2n) is 5.40. The number of rotatable bonds is 5. The van der Waals surface area contributed by atoms with Crippen molar-refractivity contribution in [2.45, 2.75) is 18.7 Å². The van der Waals surface area contributed by atoms with Crippen molar-refractivity contribution >= 4 is 9.84 Å². The van der Waals surface area contributed by atoms with Crippen LogP contribution in [-0.4, -0.2) is 39.7 Å². The molecule has 1 radical (unpaired) electrons. The molecule has 0 fully saturated rings. The van der Waals surface area contributed by atoms with E-state index in [0.717, 1.165) is 6.54 Å². The fourth-order valence-corrected chi connectivity index (χ4v) is 3.92. The molecule has 0 unspecified atom stereocenters. The predicted molar refractivity (Wildman–Crippen MR) is 69.7 cm³/mol. The molecule has 0 saturated heterocycles. The van der Waals surface area contributed by atoms with Crippen molar-refractivity contribution in [3.05, 3.63) is 30.3 Å². The summed E-state index contributed by atoms with van der Waals surface area (Å²) in [5, 5.41) is 0. The van der Waals surface area contributed by atoms with Crippen molar-refractivity contribution in [3.63, 3.8) is 0 Å². The Morgan fingerprint density at radius 3 is 2.24 bits per heavy atom. The lowest BCUT2D eigenvalue weighted by Crippen LogP contribution is -2.34. The van der Waals surface area contributed by atoms with Gasteiger partial charge in [0.05, 0.1) is 10.6 Å². The summed E-state index contributed by atoms with van der Waals surface area (Å²) >= 11 is 0. The van der Waals surface area contributed by atoms with Gasteiger partial charge in [-0.05, 0) is 37.7 Å². The molecule has 0 heterocycles. The quantitative estimate of drug-likeness (QED) is 0.804. The minimum atomic E-state index is -3.21. The van der Waals surface area contributed by atoms with E-state index in [1.165, 1.54) is 0 Å². The van der Waals surface area contributed by atoms with Gasteiger partial charge in [0.2, 0.25) is 0 Å². The third-order valence-corrected chi connectivity index (χ3v) is 4.52. The molecular formula is C13H20NO2S. The highest BCUT2D eigenvalue weighted by Gasteiger charge is 2.27. The van der Waals surface area contributed by atoms with Crippen molar-refractivity contribution in [1.29, 1.82) is 0 Å². The van der Waals surface area contributed by atoms with Gasteiger partial charge in [0.1, 0.15) is 0 Å². The molecule has 0 saturated carbocycles. The molecule has 0 amide bonds. The summed E-state index contributed by atoms with van der Waals surface area (Å²) in [5.74, 6) is 0.155. The highest BCUT2D eigenvalue weighted by Crippen LogP contribution is 2.23. The maximum absolute atomic E-state index is 12.2. The number of benzene rings is 1. The van der Waals surface area contributed by atoms with E-state index in [-0.39, 0.29) is 11.2 Å². The van der Waals surface area contributed by atoms with Gasteiger partial charge in [-0.2, -0.15) is 0 Å². The maximum atomic E-state index is 12.2. The van der Waals surface area contributed by atoms with E-state index in [0.29, 0.717) is 4.90 Å². The summed E-state index contributed by atoms with van der Waals surface area (Å²) < 4.78 is 24.4. The van der Waals surface area contributed by atoms with Crippen molar-refractivity contribution in [3.8, 4) is 0 Å². The Morgan fingerprint density at radius 2 is 1.76 bits per heavy atom. The lowest BCUT2D eigenvalue weighted by molar-refractivity contribution is 0.265. The predicted octanol–water partition coefficient (Wildman–Crippen LogP) is 1.85. The maximum Gasteiger partial charge on any atom is 0.178 e. The van der Waals surface area contributed by atoms with E-state index in [1.54, 1.807) is 24.3 Å². The van der Waals surface area contributed by atoms with Gasteiger partial charge in [0.25, 0.3) is 0 Å². The minimum absolute atomic E-state index is 0.155. The topological polar surface area (TPSA) is 37.4 Å². The molecule has 0 bridgehead atoms. The first-order chi connectivity index (χ1) is 7.73. The Morgan fingerprint density at radius 1 is 1.24 bits per heavy atom. The first kappa shape index (κ1) is 14.2. The van der Waals surface area contributed by atoms with Crippen LogP contribution in [0.3, 0.4) is 0 Å². The van der Waals surface area contributed by atoms with Gasteiger partial charge < -0.3 is 4.90 Å². The van der Waals surface area contributed by atoms with Gasteiger partial charge in [0.15, 0.2) is 9.84 Å². The van der Waals surface area contributed by atoms with Crippen molar-refractivity contribution < 1.29 is 8.42 Å². The molecule has 1 aromatic rings. The monoisotopic (exact) mass is 254 g/mol. The zero-order valence-electron chi connectivity index (χ0n) is 10.9. The van der Waals surface area contributed by atoms with E-state index in [4.69, 9.17) is 0 Å². The van der Waals surface area contributed by atoms with Crippen molar-refractivity contribution in [2.75, 3.05) is 26.4 Å². The van der Waals surface area contributed by atoms with E-state index < -0.39 is 9.84 Å². The third-order valence-electron chi connectivity index (χ3n) is 2.37. The zero-order chi connectivity index (χ0) is 13.1. The average molecular weight is 254 g/mol. The van der Waals surface area contributed by atoms with E-state index >= 15 is 0 Å². The van der Waals surface area contributed by atoms with Gasteiger partial charge in [0, 0.05) is 6.54 Å². The molecule has 0 aliphatic rings. The number of hydrogen-bond donors (Lipinski definition) is 0. The molecule has 0 N–H and O–H groups in total. The third kappa shape index (κ3) is 4.48. The van der Waals surface area contributed by atoms with Crippen LogP contribution in [0.2, 0.25) is 0 Å². The summed E-state index contributed by atoms with van der Waals surface area (Å²) in [5.41, 5.74) is -0.262. The number of sulfone groups is 1. The Kier molecular flexibility index (Phi) is 4.33. The SMILES string of the molecule is CN(C)CC(C)(C)CS(=O)(=O)c1cc[c]cc1. The summed E-state index contributed by atoms with van der Waals surface area (Å²) in [4.78, 5) is 2.39. The zero-order valence-corrected chi connectivity index (χ0v) is 11.7. The molecule has 17 heavy (non-hydrogen) atoms. The summed E-state index contributed by atoms with van der Waals surface area (Å²) in [6, 6.07) is 9.29. The highest BCUT2D eigenvalue weighted by molar-refractivity contribution is 7.91. The van der Waals surface area contributed by atoms with Gasteiger partial charge in [-0.25, -0.2) is 8.42 Å². The van der Waals surface area contributed by atoms with Crippen LogP contribution in [0.5, 0.6) is 0 Å². The largest absolute Gasteiger partial charge is 0.309 e. The van der Waals surface area contributed by atoms with Crippen LogP contribution in [0, 0.1) is 11.5 Å². The Hall–Kier alpha value is -0.870. The van der Waals surface area contributed by atoms with Crippen LogP contribution in [0.15, 0.2) is 29.2 Å². The first-order valence-electron chi connectivity index (χ1n) is 5.57. The van der Waals surface area contributed by atoms with Crippen LogP contribution in [0.4, 0.5) is 0 Å². The number of nitrogens with zero attached hydrogens (tertiary/aromatic N) is 1. The first-order valence-corrected chi connectivity index (χ1v) is 7.22. The van der Waals surface area contributed by atoms with E-state index in [9.17, 15) is 8.42 Å². The summed E-state index contributed by atoms with van der Waals surface area (Å²) in [7, 11) is 0.690. The van der Waals surface area contributed by atoms with Crippen LogP contribution >= 0.6 is 0 Å². The van der Waals surface area contributed by atoms with Crippen LogP contribution in [0.25, 0.3) is 0 Å². The highest BCUT2D eigenvalue weighted by atomic mass is 32.2. The van der Waals surface area contributed by atoms with E-state index in [2.05, 4.69) is 6.07 Å². The van der Waals surface area contributed by atoms with Crippen LogP contribution in [-0.2, 0) is 9.84 Å². The average Bonchev–Trinajstić information content (AvgIpc) is 2.15. The molecule has 1 rings (SSSR count). The van der Waals surface area contributed by atoms with Gasteiger partial charge in [-0.1, -0.05) is 26.0 Å². The number of hydrogen-bond acceptors (Lipinski definition) is 3. The minimum Gasteiger partial charge on any atom is -0.309 e. The molecule has 0 atom stereocenters. The van der Waals surface area contributed by atoms with Crippen molar-refractivity contribution in [1.82, 2.24) is 4.90 Å². The standard InChI is InChI=1S/C13H20NO2S/c1-13(2,10-14(3)4)11-17(15,16)12-8-6-5-7-9-12/h6-9H,10-11H2,1-4H3. The van der Waals surface area contributed by atoms with Gasteiger partial charge >= 0.3 is 0 Å². The molecular weight excluding hydrogens is 234 g/mol. The normalized spacial score (nSPS) is 13.0. The molecule has 0 aliphatic heterocycles. The second kappa shape index (κ2) is 5.19. The fraction of sp³-hybridized carbons (Fsp3) is 0.538. The Balaban J connectivity index is 2.88. The fourth-order valence-electron chi connectivity index (χ4n) is 2.08. The molecule has 0 aromatic heterocycles. The Bertz CT molecular complexity index is 450. The second-order valence-corrected chi connectivity index (χ2v) is 7.39. The molecule has 95 valence electrons. The lowest BCUT2D eigenvalue weighted by atomic mass is 9.96. The van der Waals surface area contributed by atoms with Crippen LogP contribution < -0.4 is 0 Å². The van der Waals surface area contributed by atoms with Crippen molar-refractivity contribution in [2.24, 2.45) is 5.41 Å². The Labute approximate surface area is 104 Å². The molecule has 1 aromatic carbocycles. The molecule has 4 heteroatoms. The molecule has 3 nitrogen and oxygen atoms in total. The van der Waals surface area contributed by atoms with Gasteiger partial charge in [-0.3, -0.25) is 0 Å². The summed E-state index contributed by atoms with van der Waals surface area (Å²) in [6.07, 6.45) is 0.